The minimum atomic E-state index is -1.22. The van der Waals surface area contributed by atoms with Gasteiger partial charge in [0, 0.05) is 17.9 Å². The van der Waals surface area contributed by atoms with Gasteiger partial charge in [-0.1, -0.05) is 35.9 Å². The zero-order chi connectivity index (χ0) is 24.7. The van der Waals surface area contributed by atoms with E-state index in [1.165, 1.54) is 16.1 Å². The topological polar surface area (TPSA) is 73.2 Å². The number of hydrogen-bond donors (Lipinski definition) is 1. The van der Waals surface area contributed by atoms with Crippen molar-refractivity contribution in [1.29, 1.82) is 0 Å². The molecule has 0 saturated heterocycles. The van der Waals surface area contributed by atoms with Crippen LogP contribution in [-0.2, 0) is 16.0 Å². The minimum absolute atomic E-state index is 0.0876. The number of carbonyl (C=O) groups is 2. The van der Waals surface area contributed by atoms with E-state index in [4.69, 9.17) is 0 Å². The number of benzene rings is 3. The van der Waals surface area contributed by atoms with Crippen molar-refractivity contribution in [2.45, 2.75) is 33.6 Å². The van der Waals surface area contributed by atoms with E-state index in [1.54, 1.807) is 6.08 Å². The van der Waals surface area contributed by atoms with Crippen LogP contribution in [0, 0.1) is 20.8 Å². The van der Waals surface area contributed by atoms with Crippen molar-refractivity contribution in [2.24, 2.45) is 5.10 Å². The summed E-state index contributed by atoms with van der Waals surface area (Å²) in [6.07, 6.45) is 3.59. The largest absolute Gasteiger partial charge is 0.476 e. The fraction of sp³-hybridized carbons (Fsp3) is 0.207. The maximum absolute atomic E-state index is 13.3. The number of hydrazone groups is 1. The lowest BCUT2D eigenvalue weighted by molar-refractivity contribution is -0.129. The highest BCUT2D eigenvalue weighted by Gasteiger charge is 2.35. The molecule has 1 N–H and O–H groups in total. The van der Waals surface area contributed by atoms with Gasteiger partial charge in [-0.05, 0) is 92.3 Å². The molecule has 1 amide bonds. The number of fused-ring (bicyclic) bond motifs is 1. The summed E-state index contributed by atoms with van der Waals surface area (Å²) < 4.78 is 0. The van der Waals surface area contributed by atoms with Crippen LogP contribution in [0.5, 0.6) is 0 Å². The molecule has 35 heavy (non-hydrogen) atoms. The zero-order valence-corrected chi connectivity index (χ0v) is 20.1. The van der Waals surface area contributed by atoms with Gasteiger partial charge in [0.2, 0.25) is 0 Å². The molecule has 176 valence electrons. The second-order valence-corrected chi connectivity index (χ2v) is 9.20. The molecule has 0 spiro atoms. The van der Waals surface area contributed by atoms with Crippen LogP contribution in [0.4, 0.5) is 17.1 Å². The van der Waals surface area contributed by atoms with Gasteiger partial charge in [-0.3, -0.25) is 4.79 Å². The van der Waals surface area contributed by atoms with Gasteiger partial charge >= 0.3 is 5.97 Å². The average Bonchev–Trinajstić information content (AvgIpc) is 3.16. The lowest BCUT2D eigenvalue weighted by atomic mass is 9.97. The summed E-state index contributed by atoms with van der Waals surface area (Å²) in [6, 6.07) is 20.2. The van der Waals surface area contributed by atoms with Gasteiger partial charge in [0.25, 0.3) is 5.91 Å². The number of carboxylic acids is 1. The van der Waals surface area contributed by atoms with E-state index in [1.807, 2.05) is 38.1 Å². The third-order valence-electron chi connectivity index (χ3n) is 6.55. The first kappa shape index (κ1) is 22.6. The summed E-state index contributed by atoms with van der Waals surface area (Å²) >= 11 is 0. The molecule has 0 saturated carbocycles. The summed E-state index contributed by atoms with van der Waals surface area (Å²) in [5.74, 6) is -1.66. The highest BCUT2D eigenvalue weighted by molar-refractivity contribution is 6.53. The van der Waals surface area contributed by atoms with E-state index in [0.717, 1.165) is 47.5 Å². The minimum Gasteiger partial charge on any atom is -0.476 e. The molecule has 6 heteroatoms. The zero-order valence-electron chi connectivity index (χ0n) is 20.1. The molecule has 0 bridgehead atoms. The number of anilines is 3. The Bertz CT molecular complexity index is 1400. The normalized spacial score (nSPS) is 16.5. The summed E-state index contributed by atoms with van der Waals surface area (Å²) in [5, 5.41) is 15.2. The maximum atomic E-state index is 13.3. The number of aliphatic carboxylic acids is 1. The van der Waals surface area contributed by atoms with Crippen LogP contribution in [0.3, 0.4) is 0 Å². The number of carbonyl (C=O) groups excluding carboxylic acids is 1. The van der Waals surface area contributed by atoms with Crippen LogP contribution >= 0.6 is 0 Å². The molecule has 2 aliphatic rings. The number of rotatable bonds is 4. The molecule has 6 nitrogen and oxygen atoms in total. The van der Waals surface area contributed by atoms with Crippen molar-refractivity contribution >= 4 is 40.7 Å². The van der Waals surface area contributed by atoms with Crippen LogP contribution in [0.25, 0.3) is 6.08 Å². The van der Waals surface area contributed by atoms with Crippen LogP contribution in [0.1, 0.15) is 34.2 Å². The van der Waals surface area contributed by atoms with Crippen molar-refractivity contribution in [2.75, 3.05) is 16.5 Å². The smallest absolute Gasteiger partial charge is 0.357 e. The second kappa shape index (κ2) is 8.87. The van der Waals surface area contributed by atoms with Gasteiger partial charge < -0.3 is 10.0 Å². The Hall–Kier alpha value is -4.19. The molecule has 3 aromatic carbocycles. The predicted octanol–water partition coefficient (Wildman–Crippen LogP) is 5.57. The molecule has 0 fully saturated rings. The Labute approximate surface area is 204 Å². The summed E-state index contributed by atoms with van der Waals surface area (Å²) in [4.78, 5) is 27.6. The van der Waals surface area contributed by atoms with E-state index in [9.17, 15) is 14.7 Å². The van der Waals surface area contributed by atoms with E-state index in [-0.39, 0.29) is 11.3 Å². The number of nitrogens with zero attached hydrogens (tertiary/aromatic N) is 3. The van der Waals surface area contributed by atoms with Crippen molar-refractivity contribution < 1.29 is 14.7 Å². The van der Waals surface area contributed by atoms with E-state index in [2.05, 4.69) is 53.3 Å². The molecule has 3 aromatic rings. The van der Waals surface area contributed by atoms with Crippen molar-refractivity contribution in [1.82, 2.24) is 0 Å². The first-order chi connectivity index (χ1) is 16.8. The van der Waals surface area contributed by atoms with Crippen molar-refractivity contribution in [3.8, 4) is 0 Å². The third kappa shape index (κ3) is 4.23. The SMILES string of the molecule is Cc1ccc(N2CCCc3cc(/C=C4\C(=O)N(c5cc(C)ccc5C)N=C4C(=O)O)ccc32)cc1. The van der Waals surface area contributed by atoms with Gasteiger partial charge in [0.1, 0.15) is 0 Å². The molecule has 0 atom stereocenters. The fourth-order valence-electron chi connectivity index (χ4n) is 4.68. The van der Waals surface area contributed by atoms with Gasteiger partial charge in [-0.2, -0.15) is 10.1 Å². The predicted molar refractivity (Wildman–Crippen MR) is 139 cm³/mol. The lowest BCUT2D eigenvalue weighted by Crippen LogP contribution is -2.24. The molecular weight excluding hydrogens is 438 g/mol. The summed E-state index contributed by atoms with van der Waals surface area (Å²) in [6.45, 7) is 6.82. The maximum Gasteiger partial charge on any atom is 0.357 e. The van der Waals surface area contributed by atoms with Gasteiger partial charge in [-0.15, -0.1) is 0 Å². The van der Waals surface area contributed by atoms with Gasteiger partial charge in [0.05, 0.1) is 11.3 Å². The summed E-state index contributed by atoms with van der Waals surface area (Å²) in [5.41, 5.74) is 7.74. The number of carboxylic acid groups (broad SMARTS) is 1. The molecular formula is C29H27N3O3. The number of amides is 1. The van der Waals surface area contributed by atoms with Crippen LogP contribution in [0.2, 0.25) is 0 Å². The first-order valence-corrected chi connectivity index (χ1v) is 11.7. The quantitative estimate of drug-likeness (QED) is 0.512. The fourth-order valence-corrected chi connectivity index (χ4v) is 4.68. The van der Waals surface area contributed by atoms with E-state index in [0.29, 0.717) is 5.69 Å². The number of aryl methyl sites for hydroxylation is 4. The molecule has 0 radical (unpaired) electrons. The highest BCUT2D eigenvalue weighted by Crippen LogP contribution is 2.35. The first-order valence-electron chi connectivity index (χ1n) is 11.7. The second-order valence-electron chi connectivity index (χ2n) is 9.20. The Kier molecular flexibility index (Phi) is 5.73. The summed E-state index contributed by atoms with van der Waals surface area (Å²) in [7, 11) is 0. The molecule has 0 aliphatic carbocycles. The Morgan fingerprint density at radius 1 is 0.943 bits per heavy atom. The van der Waals surface area contributed by atoms with Crippen molar-refractivity contribution in [3.05, 3.63) is 94.1 Å². The Balaban J connectivity index is 1.51. The standard InChI is InChI=1S/C29H27N3O3/c1-18-7-11-23(12-8-18)31-14-4-5-22-16-21(10-13-25(22)31)17-24-27(29(34)35)30-32(28(24)33)26-15-19(2)6-9-20(26)3/h6-13,15-17H,4-5,14H2,1-3H3,(H,34,35)/b24-17-. The third-order valence-corrected chi connectivity index (χ3v) is 6.55. The Morgan fingerprint density at radius 2 is 1.69 bits per heavy atom. The Morgan fingerprint density at radius 3 is 2.43 bits per heavy atom. The van der Waals surface area contributed by atoms with Crippen LogP contribution in [-0.4, -0.2) is 29.2 Å². The van der Waals surface area contributed by atoms with E-state index < -0.39 is 11.9 Å². The molecule has 0 unspecified atom stereocenters. The van der Waals surface area contributed by atoms with E-state index >= 15 is 0 Å². The molecule has 0 aromatic heterocycles. The molecule has 2 aliphatic heterocycles. The number of hydrogen-bond acceptors (Lipinski definition) is 4. The van der Waals surface area contributed by atoms with Gasteiger partial charge in [0.15, 0.2) is 5.71 Å². The van der Waals surface area contributed by atoms with Crippen LogP contribution in [0.15, 0.2) is 71.3 Å². The van der Waals surface area contributed by atoms with Crippen LogP contribution < -0.4 is 9.91 Å². The monoisotopic (exact) mass is 465 g/mol. The highest BCUT2D eigenvalue weighted by atomic mass is 16.4. The average molecular weight is 466 g/mol. The lowest BCUT2D eigenvalue weighted by Gasteiger charge is -2.31. The van der Waals surface area contributed by atoms with Crippen molar-refractivity contribution in [3.63, 3.8) is 0 Å². The molecule has 2 heterocycles. The van der Waals surface area contributed by atoms with Gasteiger partial charge in [-0.25, -0.2) is 4.79 Å². The molecule has 5 rings (SSSR count).